The van der Waals surface area contributed by atoms with E-state index in [9.17, 15) is 14.6 Å². The Labute approximate surface area is 212 Å². The number of aromatic hydroxyl groups is 1. The monoisotopic (exact) mass is 514 g/mol. The molecule has 0 aliphatic rings. The molecule has 190 valence electrons. The molecule has 0 amide bonds. The van der Waals surface area contributed by atoms with Gasteiger partial charge < -0.3 is 20.7 Å². The van der Waals surface area contributed by atoms with Crippen molar-refractivity contribution < 1.29 is 19.3 Å². The van der Waals surface area contributed by atoms with Crippen LogP contribution in [0.25, 0.3) is 22.3 Å². The Hall–Kier alpha value is -3.47. The molecule has 2 unspecified atom stereocenters. The smallest absolute Gasteiger partial charge is 0.164 e. The Morgan fingerprint density at radius 2 is 1.97 bits per heavy atom. The molecule has 0 bridgehead atoms. The number of hydrogen-bond acceptors (Lipinski definition) is 8. The molecule has 0 radical (unpaired) electrons. The van der Waals surface area contributed by atoms with Gasteiger partial charge in [-0.25, -0.2) is 19.0 Å². The van der Waals surface area contributed by atoms with E-state index in [4.69, 9.17) is 27.2 Å². The summed E-state index contributed by atoms with van der Waals surface area (Å²) in [6.45, 7) is 8.33. The van der Waals surface area contributed by atoms with Crippen LogP contribution < -0.4 is 15.8 Å². The molecule has 4 rings (SSSR count). The number of nitrogens with two attached hydrogens (primary N) is 1. The normalized spacial score (nSPS) is 13.2. The summed E-state index contributed by atoms with van der Waals surface area (Å²) in [5, 5.41) is 29.4. The van der Waals surface area contributed by atoms with E-state index in [0.29, 0.717) is 62.9 Å². The molecule has 0 saturated carbocycles. The van der Waals surface area contributed by atoms with E-state index in [-0.39, 0.29) is 11.6 Å². The van der Waals surface area contributed by atoms with Gasteiger partial charge in [-0.2, -0.15) is 5.10 Å². The van der Waals surface area contributed by atoms with Crippen LogP contribution >= 0.6 is 11.6 Å². The van der Waals surface area contributed by atoms with E-state index in [1.54, 1.807) is 10.7 Å². The fraction of sp³-hybridized carbons (Fsp3) is 0.320. The van der Waals surface area contributed by atoms with Crippen LogP contribution in [0.2, 0.25) is 5.02 Å². The highest BCUT2D eigenvalue weighted by Crippen LogP contribution is 2.42. The molecule has 2 heterocycles. The average molecular weight is 515 g/mol. The van der Waals surface area contributed by atoms with Crippen molar-refractivity contribution in [2.75, 3.05) is 18.9 Å². The number of nitrogens with zero attached hydrogens (tertiary/aromatic N) is 4. The van der Waals surface area contributed by atoms with Gasteiger partial charge >= 0.3 is 0 Å². The van der Waals surface area contributed by atoms with Gasteiger partial charge in [-0.1, -0.05) is 18.5 Å². The molecular formula is C25H28ClFN6O3. The number of phenolic OH excluding ortho intramolecular Hbond substituents is 1. The van der Waals surface area contributed by atoms with Gasteiger partial charge in [0.05, 0.1) is 18.0 Å². The maximum Gasteiger partial charge on any atom is 0.164 e. The van der Waals surface area contributed by atoms with Crippen molar-refractivity contribution >= 4 is 28.5 Å². The maximum absolute atomic E-state index is 14.1. The van der Waals surface area contributed by atoms with Crippen LogP contribution in [0, 0.1) is 12.7 Å². The number of nitrogens with one attached hydrogen (secondary N) is 1. The predicted octanol–water partition coefficient (Wildman–Crippen LogP) is 4.49. The second kappa shape index (κ2) is 10.3. The van der Waals surface area contributed by atoms with Gasteiger partial charge in [0.15, 0.2) is 5.65 Å². The van der Waals surface area contributed by atoms with E-state index in [1.165, 1.54) is 18.5 Å². The lowest BCUT2D eigenvalue weighted by molar-refractivity contribution is 0.136. The van der Waals surface area contributed by atoms with Crippen molar-refractivity contribution in [2.24, 2.45) is 0 Å². The third kappa shape index (κ3) is 4.55. The number of aliphatic hydroxyl groups is 1. The quantitative estimate of drug-likeness (QED) is 0.253. The van der Waals surface area contributed by atoms with Crippen molar-refractivity contribution in [1.82, 2.24) is 25.1 Å². The number of halogens is 2. The van der Waals surface area contributed by atoms with E-state index in [0.717, 1.165) is 6.07 Å². The molecular weight excluding hydrogens is 487 g/mol. The number of fused-ring (bicyclic) bond motifs is 1. The van der Waals surface area contributed by atoms with E-state index < -0.39 is 18.1 Å². The highest BCUT2D eigenvalue weighted by atomic mass is 35.5. The highest BCUT2D eigenvalue weighted by Gasteiger charge is 2.28. The molecule has 0 aliphatic carbocycles. The summed E-state index contributed by atoms with van der Waals surface area (Å²) in [7, 11) is 0. The zero-order valence-corrected chi connectivity index (χ0v) is 21.1. The summed E-state index contributed by atoms with van der Waals surface area (Å²) in [4.78, 5) is 8.48. The Kier molecular flexibility index (Phi) is 7.30. The number of rotatable bonds is 8. The van der Waals surface area contributed by atoms with Crippen LogP contribution in [0.1, 0.15) is 49.7 Å². The number of benzene rings is 2. The second-order valence-corrected chi connectivity index (χ2v) is 8.74. The van der Waals surface area contributed by atoms with Crippen LogP contribution in [-0.2, 0) is 0 Å². The summed E-state index contributed by atoms with van der Waals surface area (Å²) in [5.41, 5.74) is 9.12. The number of aliphatic hydroxyl groups excluding tert-OH is 1. The summed E-state index contributed by atoms with van der Waals surface area (Å²) in [6, 6.07) is 4.93. The van der Waals surface area contributed by atoms with Gasteiger partial charge in [0.2, 0.25) is 0 Å². The zero-order chi connectivity index (χ0) is 26.1. The fourth-order valence-electron chi connectivity index (χ4n) is 4.32. The Bertz CT molecular complexity index is 1410. The highest BCUT2D eigenvalue weighted by molar-refractivity contribution is 6.31. The number of phenols is 1. The number of ether oxygens (including phenoxy) is 1. The molecule has 36 heavy (non-hydrogen) atoms. The Morgan fingerprint density at radius 1 is 1.22 bits per heavy atom. The van der Waals surface area contributed by atoms with Gasteiger partial charge in [0.25, 0.3) is 0 Å². The van der Waals surface area contributed by atoms with Gasteiger partial charge in [0, 0.05) is 27.8 Å². The van der Waals surface area contributed by atoms with Crippen molar-refractivity contribution in [3.63, 3.8) is 0 Å². The van der Waals surface area contributed by atoms with Crippen LogP contribution in [-0.4, -0.2) is 43.1 Å². The molecule has 2 aromatic heterocycles. The Balaban J connectivity index is 1.98. The molecule has 9 nitrogen and oxygen atoms in total. The molecule has 2 aromatic carbocycles. The van der Waals surface area contributed by atoms with Gasteiger partial charge in [0.1, 0.15) is 41.4 Å². The molecule has 5 N–H and O–H groups in total. The lowest BCUT2D eigenvalue weighted by Gasteiger charge is -2.25. The number of nitrogen functional groups attached to an aromatic ring is 1. The number of anilines is 1. The third-order valence-corrected chi connectivity index (χ3v) is 6.39. The third-order valence-electron chi connectivity index (χ3n) is 6.00. The zero-order valence-electron chi connectivity index (χ0n) is 20.4. The molecule has 0 saturated heterocycles. The topological polar surface area (TPSA) is 131 Å². The predicted molar refractivity (Wildman–Crippen MR) is 137 cm³/mol. The molecule has 0 fully saturated rings. The largest absolute Gasteiger partial charge is 0.508 e. The lowest BCUT2D eigenvalue weighted by atomic mass is 9.97. The summed E-state index contributed by atoms with van der Waals surface area (Å²) < 4.78 is 21.8. The average Bonchev–Trinajstić information content (AvgIpc) is 3.22. The molecule has 0 spiro atoms. The number of hydrogen-bond donors (Lipinski definition) is 4. The van der Waals surface area contributed by atoms with Crippen LogP contribution in [0.15, 0.2) is 30.6 Å². The van der Waals surface area contributed by atoms with Crippen LogP contribution in [0.4, 0.5) is 10.2 Å². The minimum absolute atomic E-state index is 0.160. The summed E-state index contributed by atoms with van der Waals surface area (Å²) >= 11 is 6.61. The van der Waals surface area contributed by atoms with Gasteiger partial charge in [-0.3, -0.25) is 5.32 Å². The first-order chi connectivity index (χ1) is 17.2. The summed E-state index contributed by atoms with van der Waals surface area (Å²) in [6.07, 6.45) is 0.320. The minimum Gasteiger partial charge on any atom is -0.508 e. The molecule has 4 aromatic rings. The van der Waals surface area contributed by atoms with E-state index in [2.05, 4.69) is 15.3 Å². The van der Waals surface area contributed by atoms with Crippen molar-refractivity contribution in [1.29, 1.82) is 0 Å². The maximum atomic E-state index is 14.1. The van der Waals surface area contributed by atoms with E-state index >= 15 is 0 Å². The lowest BCUT2D eigenvalue weighted by Crippen LogP contribution is -2.23. The first-order valence-corrected chi connectivity index (χ1v) is 11.9. The molecule has 2 atom stereocenters. The van der Waals surface area contributed by atoms with Crippen LogP contribution in [0.3, 0.4) is 0 Å². The van der Waals surface area contributed by atoms with Crippen molar-refractivity contribution in [3.05, 3.63) is 58.1 Å². The Morgan fingerprint density at radius 3 is 2.64 bits per heavy atom. The first kappa shape index (κ1) is 25.6. The van der Waals surface area contributed by atoms with E-state index in [1.807, 2.05) is 27.7 Å². The molecule has 0 aliphatic heterocycles. The van der Waals surface area contributed by atoms with Crippen molar-refractivity contribution in [3.8, 4) is 22.8 Å². The number of aromatic nitrogens is 4. The SMILES string of the molecule is CCNC(O)c1c(C)c(Cl)cc(C(C)n2nc(-c3cc(O)cc(F)c3)c3c(N)ncnc32)c1OCC. The van der Waals surface area contributed by atoms with Gasteiger partial charge in [-0.15, -0.1) is 0 Å². The second-order valence-electron chi connectivity index (χ2n) is 8.33. The van der Waals surface area contributed by atoms with Crippen molar-refractivity contribution in [2.45, 2.75) is 40.0 Å². The standard InChI is InChI=1S/C25H28ClFN6O3/c1-5-29-25(35)19-12(3)18(26)10-17(22(19)36-6-2)13(4)33-24-20(23(28)30-11-31-24)21(32-33)14-7-15(27)9-16(34)8-14/h7-11,13,25,29,34-35H,5-6H2,1-4H3,(H2,28,30,31). The fourth-order valence-corrected chi connectivity index (χ4v) is 4.53. The minimum atomic E-state index is -1.00. The molecule has 11 heteroatoms. The van der Waals surface area contributed by atoms with Gasteiger partial charge in [-0.05, 0) is 51.1 Å². The van der Waals surface area contributed by atoms with Crippen LogP contribution in [0.5, 0.6) is 11.5 Å². The first-order valence-electron chi connectivity index (χ1n) is 11.5. The summed E-state index contributed by atoms with van der Waals surface area (Å²) in [5.74, 6) is -0.229.